The summed E-state index contributed by atoms with van der Waals surface area (Å²) in [5.41, 5.74) is 1.68. The monoisotopic (exact) mass is 302 g/mol. The molecule has 0 heterocycles. The molecule has 2 aromatic carbocycles. The van der Waals surface area contributed by atoms with Crippen molar-refractivity contribution >= 4 is 23.7 Å². The molecule has 0 aliphatic heterocycles. The van der Waals surface area contributed by atoms with Crippen LogP contribution in [0.2, 0.25) is 0 Å². The van der Waals surface area contributed by atoms with Crippen LogP contribution in [0.3, 0.4) is 0 Å². The second kappa shape index (κ2) is 6.45. The van der Waals surface area contributed by atoms with Crippen LogP contribution in [0.15, 0.2) is 52.3 Å². The van der Waals surface area contributed by atoms with Crippen LogP contribution in [-0.4, -0.2) is 24.2 Å². The number of rotatable bonds is 4. The van der Waals surface area contributed by atoms with Crippen LogP contribution in [-0.2, 0) is 4.74 Å². The van der Waals surface area contributed by atoms with Gasteiger partial charge < -0.3 is 9.84 Å². The maximum absolute atomic E-state index is 11.4. The number of carbonyl (C=O) groups excluding carboxylic acids is 1. The second-order valence-corrected chi connectivity index (χ2v) is 5.52. The normalized spacial score (nSPS) is 10.2. The highest BCUT2D eigenvalue weighted by atomic mass is 32.2. The van der Waals surface area contributed by atoms with Crippen LogP contribution in [0, 0.1) is 6.92 Å². The molecule has 0 spiro atoms. The molecular formula is C16H14O4S. The smallest absolute Gasteiger partial charge is 0.337 e. The van der Waals surface area contributed by atoms with Gasteiger partial charge in [-0.15, -0.1) is 0 Å². The lowest BCUT2D eigenvalue weighted by Gasteiger charge is -2.07. The van der Waals surface area contributed by atoms with E-state index in [4.69, 9.17) is 5.11 Å². The summed E-state index contributed by atoms with van der Waals surface area (Å²) in [6, 6.07) is 12.1. The lowest BCUT2D eigenvalue weighted by molar-refractivity contribution is 0.0599. The zero-order valence-electron chi connectivity index (χ0n) is 11.6. The van der Waals surface area contributed by atoms with Crippen molar-refractivity contribution in [2.75, 3.05) is 7.11 Å². The van der Waals surface area contributed by atoms with Crippen LogP contribution >= 0.6 is 11.8 Å². The van der Waals surface area contributed by atoms with Gasteiger partial charge in [0, 0.05) is 9.79 Å². The molecule has 108 valence electrons. The van der Waals surface area contributed by atoms with E-state index in [2.05, 4.69) is 4.74 Å². The molecule has 2 aromatic rings. The number of esters is 1. The Morgan fingerprint density at radius 3 is 2.19 bits per heavy atom. The van der Waals surface area contributed by atoms with Gasteiger partial charge in [-0.1, -0.05) is 11.8 Å². The summed E-state index contributed by atoms with van der Waals surface area (Å²) in [5.74, 6) is -1.30. The number of benzene rings is 2. The molecule has 0 atom stereocenters. The molecule has 2 rings (SSSR count). The summed E-state index contributed by atoms with van der Waals surface area (Å²) in [4.78, 5) is 24.2. The maximum atomic E-state index is 11.4. The average molecular weight is 302 g/mol. The van der Waals surface area contributed by atoms with E-state index in [1.165, 1.54) is 18.9 Å². The Hall–Kier alpha value is -2.27. The van der Waals surface area contributed by atoms with E-state index < -0.39 is 5.97 Å². The predicted molar refractivity (Wildman–Crippen MR) is 80.0 cm³/mol. The highest BCUT2D eigenvalue weighted by Crippen LogP contribution is 2.31. The molecule has 4 nitrogen and oxygen atoms in total. The molecule has 21 heavy (non-hydrogen) atoms. The lowest BCUT2D eigenvalue weighted by Crippen LogP contribution is -2.00. The fourth-order valence-electron chi connectivity index (χ4n) is 1.80. The summed E-state index contributed by atoms with van der Waals surface area (Å²) < 4.78 is 4.65. The summed E-state index contributed by atoms with van der Waals surface area (Å²) >= 11 is 1.52. The number of hydrogen-bond acceptors (Lipinski definition) is 4. The van der Waals surface area contributed by atoms with Gasteiger partial charge in [0.1, 0.15) is 0 Å². The summed E-state index contributed by atoms with van der Waals surface area (Å²) in [7, 11) is 1.35. The summed E-state index contributed by atoms with van der Waals surface area (Å²) in [6.45, 7) is 1.87. The van der Waals surface area contributed by atoms with Crippen molar-refractivity contribution in [1.29, 1.82) is 0 Å². The van der Waals surface area contributed by atoms with Gasteiger partial charge in [0.2, 0.25) is 0 Å². The molecular weight excluding hydrogens is 288 g/mol. The molecule has 0 bridgehead atoms. The Morgan fingerprint density at radius 1 is 1.05 bits per heavy atom. The van der Waals surface area contributed by atoms with Gasteiger partial charge in [0.15, 0.2) is 0 Å². The molecule has 0 aromatic heterocycles. The third-order valence-electron chi connectivity index (χ3n) is 2.93. The lowest BCUT2D eigenvalue weighted by atomic mass is 10.1. The molecule has 0 saturated carbocycles. The molecule has 0 saturated heterocycles. The highest BCUT2D eigenvalue weighted by molar-refractivity contribution is 7.99. The van der Waals surface area contributed by atoms with Crippen molar-refractivity contribution in [2.24, 2.45) is 0 Å². The van der Waals surface area contributed by atoms with Crippen LogP contribution in [0.5, 0.6) is 0 Å². The van der Waals surface area contributed by atoms with E-state index in [1.807, 2.05) is 19.1 Å². The molecule has 0 amide bonds. The van der Waals surface area contributed by atoms with E-state index in [-0.39, 0.29) is 11.5 Å². The number of carboxylic acids is 1. The Kier molecular flexibility index (Phi) is 4.65. The Labute approximate surface area is 126 Å². The van der Waals surface area contributed by atoms with Gasteiger partial charge in [-0.2, -0.15) is 0 Å². The zero-order chi connectivity index (χ0) is 15.4. The van der Waals surface area contributed by atoms with E-state index in [9.17, 15) is 9.59 Å². The molecule has 0 fully saturated rings. The van der Waals surface area contributed by atoms with E-state index in [0.717, 1.165) is 15.4 Å². The number of hydrogen-bond donors (Lipinski definition) is 1. The second-order valence-electron chi connectivity index (χ2n) is 4.40. The Bertz CT molecular complexity index is 677. The number of ether oxygens (including phenoxy) is 1. The van der Waals surface area contributed by atoms with Crippen molar-refractivity contribution in [3.63, 3.8) is 0 Å². The zero-order valence-corrected chi connectivity index (χ0v) is 12.4. The number of carbonyl (C=O) groups is 2. The third kappa shape index (κ3) is 3.64. The molecule has 5 heteroatoms. The molecule has 1 N–H and O–H groups in total. The SMILES string of the molecule is COC(=O)c1ccc(Sc2ccc(C(=O)O)cc2C)cc1. The van der Waals surface area contributed by atoms with Crippen molar-refractivity contribution in [1.82, 2.24) is 0 Å². The first kappa shape index (κ1) is 15.1. The van der Waals surface area contributed by atoms with Crippen LogP contribution in [0.4, 0.5) is 0 Å². The van der Waals surface area contributed by atoms with E-state index in [0.29, 0.717) is 5.56 Å². The number of aromatic carboxylic acids is 1. The van der Waals surface area contributed by atoms with Gasteiger partial charge in [-0.3, -0.25) is 0 Å². The van der Waals surface area contributed by atoms with E-state index >= 15 is 0 Å². The molecule has 0 aliphatic rings. The summed E-state index contributed by atoms with van der Waals surface area (Å²) in [6.07, 6.45) is 0. The van der Waals surface area contributed by atoms with Crippen LogP contribution < -0.4 is 0 Å². The van der Waals surface area contributed by atoms with E-state index in [1.54, 1.807) is 30.3 Å². The molecule has 0 unspecified atom stereocenters. The maximum Gasteiger partial charge on any atom is 0.337 e. The van der Waals surface area contributed by atoms with Crippen LogP contribution in [0.1, 0.15) is 26.3 Å². The minimum Gasteiger partial charge on any atom is -0.478 e. The highest BCUT2D eigenvalue weighted by Gasteiger charge is 2.08. The fraction of sp³-hybridized carbons (Fsp3) is 0.125. The van der Waals surface area contributed by atoms with Gasteiger partial charge in [0.25, 0.3) is 0 Å². The Balaban J connectivity index is 2.18. The average Bonchev–Trinajstić information content (AvgIpc) is 2.49. The number of carboxylic acid groups (broad SMARTS) is 1. The minimum atomic E-state index is -0.933. The van der Waals surface area contributed by atoms with Gasteiger partial charge >= 0.3 is 11.9 Å². The molecule has 0 aliphatic carbocycles. The topological polar surface area (TPSA) is 63.6 Å². The number of methoxy groups -OCH3 is 1. The first-order valence-electron chi connectivity index (χ1n) is 6.21. The van der Waals surface area contributed by atoms with Crippen LogP contribution in [0.25, 0.3) is 0 Å². The van der Waals surface area contributed by atoms with Crippen molar-refractivity contribution in [3.8, 4) is 0 Å². The largest absolute Gasteiger partial charge is 0.478 e. The fourth-order valence-corrected chi connectivity index (χ4v) is 2.68. The van der Waals surface area contributed by atoms with Crippen molar-refractivity contribution in [3.05, 3.63) is 59.2 Å². The van der Waals surface area contributed by atoms with Gasteiger partial charge in [-0.25, -0.2) is 9.59 Å². The first-order valence-corrected chi connectivity index (χ1v) is 7.03. The number of aryl methyl sites for hydroxylation is 1. The predicted octanol–water partition coefficient (Wildman–Crippen LogP) is 3.63. The standard InChI is InChI=1S/C16H14O4S/c1-10-9-12(15(17)18)5-8-14(10)21-13-6-3-11(4-7-13)16(19)20-2/h3-9H,1-2H3,(H,17,18). The third-order valence-corrected chi connectivity index (χ3v) is 4.11. The van der Waals surface area contributed by atoms with Gasteiger partial charge in [-0.05, 0) is 55.0 Å². The quantitative estimate of drug-likeness (QED) is 0.874. The van der Waals surface area contributed by atoms with Gasteiger partial charge in [0.05, 0.1) is 18.2 Å². The summed E-state index contributed by atoms with van der Waals surface area (Å²) in [5, 5.41) is 8.95. The molecule has 0 radical (unpaired) electrons. The first-order chi connectivity index (χ1) is 10.0. The van der Waals surface area contributed by atoms with Crippen molar-refractivity contribution in [2.45, 2.75) is 16.7 Å². The Morgan fingerprint density at radius 2 is 1.67 bits per heavy atom. The minimum absolute atomic E-state index is 0.276. The van der Waals surface area contributed by atoms with Crippen molar-refractivity contribution < 1.29 is 19.4 Å².